The van der Waals surface area contributed by atoms with Crippen molar-refractivity contribution in [3.8, 4) is 0 Å². The molecule has 0 saturated carbocycles. The molecular weight excluding hydrogens is 371 g/mol. The highest BCUT2D eigenvalue weighted by atomic mass is 127. The maximum Gasteiger partial charge on any atom is 0.0720 e. The highest BCUT2D eigenvalue weighted by Crippen LogP contribution is 2.42. The fourth-order valence-electron chi connectivity index (χ4n) is 3.39. The molecule has 0 aliphatic carbocycles. The van der Waals surface area contributed by atoms with E-state index in [-0.39, 0.29) is 5.41 Å². The molecule has 110 valence electrons. The van der Waals surface area contributed by atoms with Gasteiger partial charge in [0.1, 0.15) is 0 Å². The van der Waals surface area contributed by atoms with Crippen molar-refractivity contribution in [1.82, 2.24) is 0 Å². The van der Waals surface area contributed by atoms with Gasteiger partial charge in [0.2, 0.25) is 0 Å². The summed E-state index contributed by atoms with van der Waals surface area (Å²) in [6.45, 7) is 1.55. The Bertz CT molecular complexity index is 581. The molecule has 1 aliphatic heterocycles. The maximum absolute atomic E-state index is 6.00. The van der Waals surface area contributed by atoms with Crippen LogP contribution in [0.4, 0.5) is 0 Å². The van der Waals surface area contributed by atoms with Crippen LogP contribution in [0.25, 0.3) is 0 Å². The lowest BCUT2D eigenvalue weighted by molar-refractivity contribution is 0.0613. The zero-order chi connectivity index (χ0) is 14.5. The van der Waals surface area contributed by atoms with Crippen LogP contribution in [0, 0.1) is 0 Å². The smallest absolute Gasteiger partial charge is 0.0720 e. The molecule has 0 aromatic heterocycles. The third-order valence-electron chi connectivity index (χ3n) is 4.45. The summed E-state index contributed by atoms with van der Waals surface area (Å²) < 4.78 is 7.22. The van der Waals surface area contributed by atoms with Crippen LogP contribution >= 0.6 is 22.6 Å². The van der Waals surface area contributed by atoms with Gasteiger partial charge in [-0.3, -0.25) is 0 Å². The van der Waals surface area contributed by atoms with Crippen LogP contribution in [0.15, 0.2) is 54.6 Å². The first-order valence-corrected chi connectivity index (χ1v) is 9.17. The van der Waals surface area contributed by atoms with E-state index in [1.165, 1.54) is 34.0 Å². The van der Waals surface area contributed by atoms with Crippen molar-refractivity contribution in [1.29, 1.82) is 0 Å². The molecule has 2 aromatic rings. The highest BCUT2D eigenvalue weighted by Gasteiger charge is 2.38. The van der Waals surface area contributed by atoms with Crippen molar-refractivity contribution in [2.75, 3.05) is 11.0 Å². The zero-order valence-electron chi connectivity index (χ0n) is 12.2. The lowest BCUT2D eigenvalue weighted by atomic mass is 9.69. The maximum atomic E-state index is 6.00. The summed E-state index contributed by atoms with van der Waals surface area (Å²) in [5.41, 5.74) is 4.24. The molecule has 1 heterocycles. The van der Waals surface area contributed by atoms with Crippen LogP contribution in [-0.4, -0.2) is 11.0 Å². The number of hydrogen-bond acceptors (Lipinski definition) is 1. The normalized spacial score (nSPS) is 21.0. The largest absolute Gasteiger partial charge is 0.375 e. The van der Waals surface area contributed by atoms with Gasteiger partial charge in [-0.05, 0) is 34.0 Å². The van der Waals surface area contributed by atoms with Crippen LogP contribution in [0.3, 0.4) is 0 Å². The van der Waals surface area contributed by atoms with E-state index in [1.54, 1.807) is 0 Å². The summed E-state index contributed by atoms with van der Waals surface area (Å²) in [5, 5.41) is 0. The summed E-state index contributed by atoms with van der Waals surface area (Å²) in [5.74, 6) is 0. The van der Waals surface area contributed by atoms with E-state index in [0.717, 1.165) is 19.6 Å². The Kier molecular flexibility index (Phi) is 4.96. The van der Waals surface area contributed by atoms with Crippen LogP contribution < -0.4 is 0 Å². The average Bonchev–Trinajstić information content (AvgIpc) is 2.56. The van der Waals surface area contributed by atoms with Crippen molar-refractivity contribution in [2.45, 2.75) is 31.3 Å². The van der Waals surface area contributed by atoms with E-state index >= 15 is 0 Å². The predicted octanol–water partition coefficient (Wildman–Crippen LogP) is 5.11. The monoisotopic (exact) mass is 392 g/mol. The Balaban J connectivity index is 2.05. The van der Waals surface area contributed by atoms with Gasteiger partial charge >= 0.3 is 0 Å². The first-order valence-electron chi connectivity index (χ1n) is 7.64. The zero-order valence-corrected chi connectivity index (χ0v) is 14.4. The van der Waals surface area contributed by atoms with E-state index in [2.05, 4.69) is 77.2 Å². The Morgan fingerprint density at radius 3 is 2.52 bits per heavy atom. The Morgan fingerprint density at radius 1 is 0.952 bits per heavy atom. The van der Waals surface area contributed by atoms with Gasteiger partial charge in [-0.25, -0.2) is 0 Å². The summed E-state index contributed by atoms with van der Waals surface area (Å²) in [6, 6.07) is 19.7. The molecule has 0 saturated heterocycles. The van der Waals surface area contributed by atoms with Crippen molar-refractivity contribution >= 4 is 22.6 Å². The van der Waals surface area contributed by atoms with Gasteiger partial charge in [-0.1, -0.05) is 83.6 Å². The number of fused-ring (bicyclic) bond motifs is 1. The molecule has 0 bridgehead atoms. The van der Waals surface area contributed by atoms with E-state index in [0.29, 0.717) is 0 Å². The third-order valence-corrected chi connectivity index (χ3v) is 5.22. The number of hydrogen-bond donors (Lipinski definition) is 0. The van der Waals surface area contributed by atoms with E-state index in [9.17, 15) is 0 Å². The number of halogens is 1. The molecule has 0 amide bonds. The van der Waals surface area contributed by atoms with Crippen LogP contribution in [0.2, 0.25) is 0 Å². The minimum Gasteiger partial charge on any atom is -0.375 e. The molecule has 1 aliphatic rings. The molecule has 21 heavy (non-hydrogen) atoms. The van der Waals surface area contributed by atoms with Crippen molar-refractivity contribution in [3.63, 3.8) is 0 Å². The average molecular weight is 392 g/mol. The number of rotatable bonds is 5. The van der Waals surface area contributed by atoms with Crippen LogP contribution in [0.1, 0.15) is 36.0 Å². The van der Waals surface area contributed by atoms with Crippen molar-refractivity contribution in [2.24, 2.45) is 0 Å². The van der Waals surface area contributed by atoms with Crippen molar-refractivity contribution in [3.05, 3.63) is 71.3 Å². The second-order valence-electron chi connectivity index (χ2n) is 5.74. The molecule has 0 fully saturated rings. The van der Waals surface area contributed by atoms with Gasteiger partial charge in [0.15, 0.2) is 0 Å². The summed E-state index contributed by atoms with van der Waals surface area (Å²) >= 11 is 2.47. The molecule has 1 unspecified atom stereocenters. The fourth-order valence-corrected chi connectivity index (χ4v) is 3.93. The van der Waals surface area contributed by atoms with Gasteiger partial charge in [0.05, 0.1) is 13.2 Å². The molecule has 3 rings (SSSR count). The fraction of sp³-hybridized carbons (Fsp3) is 0.368. The van der Waals surface area contributed by atoms with Crippen molar-refractivity contribution < 1.29 is 4.74 Å². The Labute approximate surface area is 140 Å². The van der Waals surface area contributed by atoms with Gasteiger partial charge in [-0.2, -0.15) is 0 Å². The molecule has 1 atom stereocenters. The second-order valence-corrected chi connectivity index (χ2v) is 6.82. The minimum absolute atomic E-state index is 0.0297. The third kappa shape index (κ3) is 3.02. The SMILES string of the molecule is ICCCCC1(c2ccccc2)COCc2ccccc21. The topological polar surface area (TPSA) is 9.23 Å². The summed E-state index contributed by atoms with van der Waals surface area (Å²) in [6.07, 6.45) is 3.68. The lowest BCUT2D eigenvalue weighted by Gasteiger charge is -2.40. The van der Waals surface area contributed by atoms with Gasteiger partial charge < -0.3 is 4.74 Å². The van der Waals surface area contributed by atoms with E-state index in [1.807, 2.05) is 0 Å². The standard InChI is InChI=1S/C19H21IO/c20-13-7-6-12-19(17-9-2-1-3-10-17)15-21-14-16-8-4-5-11-18(16)19/h1-5,8-11H,6-7,12-15H2. The first kappa shape index (κ1) is 15.0. The number of unbranched alkanes of at least 4 members (excludes halogenated alkanes) is 1. The second kappa shape index (κ2) is 6.93. The van der Waals surface area contributed by atoms with Crippen LogP contribution in [0.5, 0.6) is 0 Å². The summed E-state index contributed by atoms with van der Waals surface area (Å²) in [7, 11) is 0. The van der Waals surface area contributed by atoms with Gasteiger partial charge in [0, 0.05) is 5.41 Å². The molecule has 0 N–H and O–H groups in total. The minimum atomic E-state index is 0.0297. The molecule has 0 radical (unpaired) electrons. The number of benzene rings is 2. The quantitative estimate of drug-likeness (QED) is 0.391. The van der Waals surface area contributed by atoms with Crippen LogP contribution in [-0.2, 0) is 16.8 Å². The number of ether oxygens (including phenoxy) is 1. The number of alkyl halides is 1. The van der Waals surface area contributed by atoms with Gasteiger partial charge in [0.25, 0.3) is 0 Å². The van der Waals surface area contributed by atoms with Gasteiger partial charge in [-0.15, -0.1) is 0 Å². The van der Waals surface area contributed by atoms with E-state index < -0.39 is 0 Å². The first-order chi connectivity index (χ1) is 10.4. The Hall–Kier alpha value is -0.870. The highest BCUT2D eigenvalue weighted by molar-refractivity contribution is 14.1. The molecule has 1 nitrogen and oxygen atoms in total. The molecule has 2 heteroatoms. The predicted molar refractivity (Wildman–Crippen MR) is 96.1 cm³/mol. The molecular formula is C19H21IO. The lowest BCUT2D eigenvalue weighted by Crippen LogP contribution is -2.37. The summed E-state index contributed by atoms with van der Waals surface area (Å²) in [4.78, 5) is 0. The molecule has 0 spiro atoms. The van der Waals surface area contributed by atoms with E-state index in [4.69, 9.17) is 4.74 Å². The Morgan fingerprint density at radius 2 is 1.71 bits per heavy atom. The molecule has 2 aromatic carbocycles.